The molecule has 0 bridgehead atoms. The van der Waals surface area contributed by atoms with Gasteiger partial charge in [-0.05, 0) is 42.3 Å². The Morgan fingerprint density at radius 2 is 1.76 bits per heavy atom. The van der Waals surface area contributed by atoms with Gasteiger partial charge in [-0.15, -0.1) is 0 Å². The number of aromatic nitrogens is 4. The fraction of sp³-hybridized carbons (Fsp3) is 0.208. The number of halogens is 1. The maximum atomic E-state index is 13.5. The van der Waals surface area contributed by atoms with Gasteiger partial charge in [0.1, 0.15) is 5.82 Å². The van der Waals surface area contributed by atoms with Crippen LogP contribution in [0.1, 0.15) is 29.8 Å². The topological polar surface area (TPSA) is 103 Å². The van der Waals surface area contributed by atoms with Crippen molar-refractivity contribution < 1.29 is 9.18 Å². The smallest absolute Gasteiger partial charge is 0.317 e. The largest absolute Gasteiger partial charge is 0.337 e. The Hall–Kier alpha value is -4.32. The van der Waals surface area contributed by atoms with E-state index in [1.165, 1.54) is 39.7 Å². The van der Waals surface area contributed by atoms with Gasteiger partial charge in [0.25, 0.3) is 5.56 Å². The Bertz CT molecular complexity index is 1500. The second-order valence-electron chi connectivity index (χ2n) is 8.06. The highest BCUT2D eigenvalue weighted by Crippen LogP contribution is 2.15. The van der Waals surface area contributed by atoms with Gasteiger partial charge in [0, 0.05) is 12.1 Å². The van der Waals surface area contributed by atoms with Crippen LogP contribution in [0.25, 0.3) is 16.9 Å². The number of Topliss-reactive ketones (excluding diaryl/α,β-unsaturated/α-hetero) is 1. The molecular weight excluding hydrogens is 425 g/mol. The summed E-state index contributed by atoms with van der Waals surface area (Å²) >= 11 is 0. The average Bonchev–Trinajstić information content (AvgIpc) is 3.21. The highest BCUT2D eigenvalue weighted by Gasteiger charge is 2.21. The van der Waals surface area contributed by atoms with Crippen molar-refractivity contribution in [1.82, 2.24) is 18.7 Å². The number of ketones is 1. The molecule has 33 heavy (non-hydrogen) atoms. The van der Waals surface area contributed by atoms with E-state index in [9.17, 15) is 18.8 Å². The first-order chi connectivity index (χ1) is 15.8. The standard InChI is InChI=1S/C24H20FN5O3/c1-15(2)12-29-23(32)21-22(30(24(29)33)19-9-7-18(25)8-10-19)27-14-28(21)13-20(31)17-5-3-16(11-26)4-6-17/h3-10,14-15H,12-13H2,1-2H3. The first kappa shape index (κ1) is 21.9. The van der Waals surface area contributed by atoms with Crippen molar-refractivity contribution in [2.45, 2.75) is 26.9 Å². The summed E-state index contributed by atoms with van der Waals surface area (Å²) in [7, 11) is 0. The van der Waals surface area contributed by atoms with E-state index >= 15 is 0 Å². The van der Waals surface area contributed by atoms with Crippen LogP contribution in [0, 0.1) is 23.1 Å². The molecule has 9 heteroatoms. The van der Waals surface area contributed by atoms with Gasteiger partial charge >= 0.3 is 5.69 Å². The number of carbonyl (C=O) groups excluding carboxylic acids is 1. The van der Waals surface area contributed by atoms with Crippen molar-refractivity contribution in [3.63, 3.8) is 0 Å². The average molecular weight is 445 g/mol. The third kappa shape index (κ3) is 4.11. The molecule has 166 valence electrons. The lowest BCUT2D eigenvalue weighted by Gasteiger charge is -2.14. The zero-order valence-corrected chi connectivity index (χ0v) is 18.0. The molecule has 0 aliphatic rings. The number of nitriles is 1. The van der Waals surface area contributed by atoms with Crippen molar-refractivity contribution in [3.8, 4) is 11.8 Å². The van der Waals surface area contributed by atoms with E-state index in [0.717, 1.165) is 4.57 Å². The summed E-state index contributed by atoms with van der Waals surface area (Å²) in [4.78, 5) is 43.6. The number of carbonyl (C=O) groups is 1. The molecule has 0 saturated carbocycles. The molecule has 2 heterocycles. The van der Waals surface area contributed by atoms with Crippen LogP contribution in [-0.2, 0) is 13.1 Å². The number of benzene rings is 2. The zero-order chi connectivity index (χ0) is 23.7. The molecule has 0 unspecified atom stereocenters. The molecule has 0 radical (unpaired) electrons. The van der Waals surface area contributed by atoms with Gasteiger partial charge < -0.3 is 4.57 Å². The summed E-state index contributed by atoms with van der Waals surface area (Å²) in [6.07, 6.45) is 1.34. The Kier molecular flexibility index (Phi) is 5.75. The molecule has 2 aromatic carbocycles. The van der Waals surface area contributed by atoms with Crippen LogP contribution >= 0.6 is 0 Å². The van der Waals surface area contributed by atoms with Crippen LogP contribution in [0.4, 0.5) is 4.39 Å². The summed E-state index contributed by atoms with van der Waals surface area (Å²) < 4.78 is 17.2. The summed E-state index contributed by atoms with van der Waals surface area (Å²) in [5.41, 5.74) is 0.215. The van der Waals surface area contributed by atoms with Gasteiger partial charge in [-0.2, -0.15) is 5.26 Å². The second-order valence-corrected chi connectivity index (χ2v) is 8.06. The fourth-order valence-electron chi connectivity index (χ4n) is 3.63. The SMILES string of the molecule is CC(C)Cn1c(=O)c2c(ncn2CC(=O)c2ccc(C#N)cc2)n(-c2ccc(F)cc2)c1=O. The van der Waals surface area contributed by atoms with Crippen molar-refractivity contribution in [3.05, 3.63) is 92.6 Å². The van der Waals surface area contributed by atoms with Gasteiger partial charge in [-0.3, -0.25) is 14.2 Å². The molecule has 0 aliphatic heterocycles. The molecule has 4 rings (SSSR count). The minimum absolute atomic E-state index is 0.00571. The van der Waals surface area contributed by atoms with E-state index in [1.807, 2.05) is 19.9 Å². The highest BCUT2D eigenvalue weighted by atomic mass is 19.1. The maximum Gasteiger partial charge on any atom is 0.337 e. The summed E-state index contributed by atoms with van der Waals surface area (Å²) in [5.74, 6) is -0.739. The van der Waals surface area contributed by atoms with Crippen LogP contribution in [0.2, 0.25) is 0 Å². The fourth-order valence-corrected chi connectivity index (χ4v) is 3.63. The maximum absolute atomic E-state index is 13.5. The van der Waals surface area contributed by atoms with Crippen LogP contribution in [0.3, 0.4) is 0 Å². The molecule has 0 fully saturated rings. The van der Waals surface area contributed by atoms with Gasteiger partial charge in [-0.25, -0.2) is 18.7 Å². The normalized spacial score (nSPS) is 11.1. The minimum Gasteiger partial charge on any atom is -0.317 e. The predicted molar refractivity (Wildman–Crippen MR) is 120 cm³/mol. The Labute approximate surface area is 187 Å². The van der Waals surface area contributed by atoms with Crippen molar-refractivity contribution in [2.24, 2.45) is 5.92 Å². The lowest BCUT2D eigenvalue weighted by Crippen LogP contribution is -2.41. The minimum atomic E-state index is -0.587. The van der Waals surface area contributed by atoms with Crippen LogP contribution in [0.15, 0.2) is 64.4 Å². The third-order valence-corrected chi connectivity index (χ3v) is 5.18. The Morgan fingerprint density at radius 3 is 2.36 bits per heavy atom. The zero-order valence-electron chi connectivity index (χ0n) is 18.0. The third-order valence-electron chi connectivity index (χ3n) is 5.18. The van der Waals surface area contributed by atoms with E-state index in [2.05, 4.69) is 4.98 Å². The van der Waals surface area contributed by atoms with Crippen molar-refractivity contribution >= 4 is 16.9 Å². The molecule has 0 spiro atoms. The molecule has 8 nitrogen and oxygen atoms in total. The number of hydrogen-bond donors (Lipinski definition) is 0. The number of imidazole rings is 1. The Morgan fingerprint density at radius 1 is 1.09 bits per heavy atom. The quantitative estimate of drug-likeness (QED) is 0.425. The van der Waals surface area contributed by atoms with Gasteiger partial charge in [0.05, 0.1) is 30.2 Å². The van der Waals surface area contributed by atoms with Crippen LogP contribution in [-0.4, -0.2) is 24.5 Å². The lowest BCUT2D eigenvalue weighted by atomic mass is 10.1. The molecule has 0 N–H and O–H groups in total. The summed E-state index contributed by atoms with van der Waals surface area (Å²) in [6.45, 7) is 3.75. The number of hydrogen-bond acceptors (Lipinski definition) is 5. The van der Waals surface area contributed by atoms with E-state index < -0.39 is 17.1 Å². The van der Waals surface area contributed by atoms with E-state index in [1.54, 1.807) is 24.3 Å². The molecule has 0 aliphatic carbocycles. The molecule has 2 aromatic heterocycles. The first-order valence-electron chi connectivity index (χ1n) is 10.3. The number of rotatable bonds is 6. The van der Waals surface area contributed by atoms with E-state index in [4.69, 9.17) is 5.26 Å². The number of nitrogens with zero attached hydrogens (tertiary/aromatic N) is 5. The molecule has 0 amide bonds. The van der Waals surface area contributed by atoms with Gasteiger partial charge in [-0.1, -0.05) is 26.0 Å². The molecular formula is C24H20FN5O3. The first-order valence-corrected chi connectivity index (χ1v) is 10.3. The van der Waals surface area contributed by atoms with Gasteiger partial charge in [0.2, 0.25) is 0 Å². The monoisotopic (exact) mass is 445 g/mol. The number of fused-ring (bicyclic) bond motifs is 1. The van der Waals surface area contributed by atoms with Crippen LogP contribution < -0.4 is 11.2 Å². The van der Waals surface area contributed by atoms with E-state index in [0.29, 0.717) is 16.8 Å². The van der Waals surface area contributed by atoms with Crippen LogP contribution in [0.5, 0.6) is 0 Å². The van der Waals surface area contributed by atoms with Crippen molar-refractivity contribution in [2.75, 3.05) is 0 Å². The Balaban J connectivity index is 1.89. The predicted octanol–water partition coefficient (Wildman–Crippen LogP) is 2.90. The highest BCUT2D eigenvalue weighted by molar-refractivity contribution is 5.96. The summed E-state index contributed by atoms with van der Waals surface area (Å²) in [6, 6.07) is 13.5. The van der Waals surface area contributed by atoms with E-state index in [-0.39, 0.29) is 36.0 Å². The lowest BCUT2D eigenvalue weighted by molar-refractivity contribution is 0.0973. The molecule has 0 saturated heterocycles. The summed E-state index contributed by atoms with van der Waals surface area (Å²) in [5, 5.41) is 8.94. The second kappa shape index (κ2) is 8.67. The van der Waals surface area contributed by atoms with Gasteiger partial charge in [0.15, 0.2) is 16.9 Å². The molecule has 0 atom stereocenters. The van der Waals surface area contributed by atoms with Crippen molar-refractivity contribution in [1.29, 1.82) is 5.26 Å². The molecule has 4 aromatic rings.